The van der Waals surface area contributed by atoms with Crippen LogP contribution in [0.15, 0.2) is 24.3 Å². The van der Waals surface area contributed by atoms with Gasteiger partial charge in [-0.15, -0.1) is 0 Å². The summed E-state index contributed by atoms with van der Waals surface area (Å²) in [5, 5.41) is 3.12. The van der Waals surface area contributed by atoms with Crippen LogP contribution in [0.4, 0.5) is 5.69 Å². The van der Waals surface area contributed by atoms with E-state index < -0.39 is 0 Å². The standard InChI is InChI=1S/C12H17NO2/c1-4-15-12(14)10(3)13-11-8-6-5-7-9(11)2/h5-8,10,13H,4H2,1-3H3/t10-/m0/s1. The number of esters is 1. The monoisotopic (exact) mass is 207 g/mol. The highest BCUT2D eigenvalue weighted by molar-refractivity contribution is 5.79. The number of benzene rings is 1. The van der Waals surface area contributed by atoms with E-state index in [0.717, 1.165) is 11.3 Å². The third-order valence-electron chi connectivity index (χ3n) is 2.16. The molecule has 0 aromatic heterocycles. The second-order valence-corrected chi connectivity index (χ2v) is 3.43. The number of anilines is 1. The topological polar surface area (TPSA) is 38.3 Å². The van der Waals surface area contributed by atoms with Crippen molar-refractivity contribution in [2.45, 2.75) is 26.8 Å². The molecule has 0 fully saturated rings. The van der Waals surface area contributed by atoms with Crippen LogP contribution in [-0.2, 0) is 9.53 Å². The molecular weight excluding hydrogens is 190 g/mol. The summed E-state index contributed by atoms with van der Waals surface area (Å²) < 4.78 is 4.91. The maximum atomic E-state index is 11.4. The van der Waals surface area contributed by atoms with Gasteiger partial charge in [-0.1, -0.05) is 18.2 Å². The Labute approximate surface area is 90.4 Å². The van der Waals surface area contributed by atoms with Gasteiger partial charge in [0, 0.05) is 5.69 Å². The van der Waals surface area contributed by atoms with Gasteiger partial charge in [0.15, 0.2) is 0 Å². The first-order valence-corrected chi connectivity index (χ1v) is 5.14. The molecule has 0 aliphatic carbocycles. The van der Waals surface area contributed by atoms with E-state index in [1.54, 1.807) is 13.8 Å². The highest BCUT2D eigenvalue weighted by Crippen LogP contribution is 2.14. The van der Waals surface area contributed by atoms with Gasteiger partial charge in [0.1, 0.15) is 6.04 Å². The summed E-state index contributed by atoms with van der Waals surface area (Å²) in [5.41, 5.74) is 2.09. The largest absolute Gasteiger partial charge is 0.464 e. The van der Waals surface area contributed by atoms with Crippen LogP contribution in [0.3, 0.4) is 0 Å². The van der Waals surface area contributed by atoms with Crippen LogP contribution in [0, 0.1) is 6.92 Å². The van der Waals surface area contributed by atoms with Gasteiger partial charge in [0.05, 0.1) is 6.61 Å². The zero-order chi connectivity index (χ0) is 11.3. The van der Waals surface area contributed by atoms with Crippen LogP contribution in [0.2, 0.25) is 0 Å². The summed E-state index contributed by atoms with van der Waals surface area (Å²) in [6.07, 6.45) is 0. The Balaban J connectivity index is 2.62. The molecule has 0 spiro atoms. The Kier molecular flexibility index (Phi) is 4.16. The van der Waals surface area contributed by atoms with Crippen molar-refractivity contribution in [3.05, 3.63) is 29.8 Å². The molecule has 3 nitrogen and oxygen atoms in total. The number of aryl methyl sites for hydroxylation is 1. The average molecular weight is 207 g/mol. The number of carbonyl (C=O) groups excluding carboxylic acids is 1. The van der Waals surface area contributed by atoms with Gasteiger partial charge in [0.25, 0.3) is 0 Å². The molecule has 1 aromatic rings. The first-order chi connectivity index (χ1) is 7.15. The quantitative estimate of drug-likeness (QED) is 0.770. The minimum absolute atomic E-state index is 0.222. The van der Waals surface area contributed by atoms with E-state index in [0.29, 0.717) is 6.61 Å². The Morgan fingerprint density at radius 1 is 1.47 bits per heavy atom. The SMILES string of the molecule is CCOC(=O)[C@H](C)Nc1ccccc1C. The van der Waals surface area contributed by atoms with Crippen LogP contribution in [0.1, 0.15) is 19.4 Å². The minimum Gasteiger partial charge on any atom is -0.464 e. The van der Waals surface area contributed by atoms with Gasteiger partial charge in [-0.2, -0.15) is 0 Å². The van der Waals surface area contributed by atoms with E-state index in [9.17, 15) is 4.79 Å². The lowest BCUT2D eigenvalue weighted by molar-refractivity contribution is -0.143. The minimum atomic E-state index is -0.314. The molecule has 1 aromatic carbocycles. The average Bonchev–Trinajstić information content (AvgIpc) is 2.21. The van der Waals surface area contributed by atoms with Crippen molar-refractivity contribution in [2.75, 3.05) is 11.9 Å². The number of carbonyl (C=O) groups is 1. The maximum Gasteiger partial charge on any atom is 0.328 e. The molecule has 0 aliphatic rings. The summed E-state index contributed by atoms with van der Waals surface area (Å²) in [7, 11) is 0. The number of hydrogen-bond donors (Lipinski definition) is 1. The molecule has 0 saturated heterocycles. The van der Waals surface area contributed by atoms with Crippen molar-refractivity contribution in [3.63, 3.8) is 0 Å². The van der Waals surface area contributed by atoms with Crippen molar-refractivity contribution < 1.29 is 9.53 Å². The smallest absolute Gasteiger partial charge is 0.328 e. The molecule has 3 heteroatoms. The van der Waals surface area contributed by atoms with E-state index >= 15 is 0 Å². The lowest BCUT2D eigenvalue weighted by atomic mass is 10.2. The van der Waals surface area contributed by atoms with E-state index in [2.05, 4.69) is 5.32 Å². The zero-order valence-corrected chi connectivity index (χ0v) is 9.41. The molecule has 1 N–H and O–H groups in total. The van der Waals surface area contributed by atoms with Gasteiger partial charge in [0.2, 0.25) is 0 Å². The van der Waals surface area contributed by atoms with Gasteiger partial charge in [-0.3, -0.25) is 0 Å². The molecule has 1 rings (SSSR count). The summed E-state index contributed by atoms with van der Waals surface area (Å²) in [5.74, 6) is -0.222. The van der Waals surface area contributed by atoms with E-state index in [4.69, 9.17) is 4.74 Å². The van der Waals surface area contributed by atoms with Gasteiger partial charge in [-0.25, -0.2) is 4.79 Å². The highest BCUT2D eigenvalue weighted by Gasteiger charge is 2.13. The van der Waals surface area contributed by atoms with E-state index in [-0.39, 0.29) is 12.0 Å². The lowest BCUT2D eigenvalue weighted by Gasteiger charge is -2.15. The molecule has 0 aliphatic heterocycles. The predicted molar refractivity (Wildman–Crippen MR) is 60.9 cm³/mol. The number of rotatable bonds is 4. The third-order valence-corrected chi connectivity index (χ3v) is 2.16. The fourth-order valence-electron chi connectivity index (χ4n) is 1.29. The Morgan fingerprint density at radius 2 is 2.13 bits per heavy atom. The molecule has 0 bridgehead atoms. The van der Waals surface area contributed by atoms with Crippen LogP contribution in [0.5, 0.6) is 0 Å². The number of ether oxygens (including phenoxy) is 1. The summed E-state index contributed by atoms with van der Waals surface area (Å²) in [6, 6.07) is 7.54. The second-order valence-electron chi connectivity index (χ2n) is 3.43. The molecule has 1 atom stereocenters. The number of nitrogens with one attached hydrogen (secondary N) is 1. The predicted octanol–water partition coefficient (Wildman–Crippen LogP) is 2.36. The molecule has 82 valence electrons. The van der Waals surface area contributed by atoms with Crippen LogP contribution in [-0.4, -0.2) is 18.6 Å². The highest BCUT2D eigenvalue weighted by atomic mass is 16.5. The second kappa shape index (κ2) is 5.39. The molecule has 0 radical (unpaired) electrons. The Hall–Kier alpha value is -1.51. The van der Waals surface area contributed by atoms with Gasteiger partial charge in [-0.05, 0) is 32.4 Å². The fraction of sp³-hybridized carbons (Fsp3) is 0.417. The van der Waals surface area contributed by atoms with Crippen LogP contribution >= 0.6 is 0 Å². The Bertz CT molecular complexity index is 336. The Morgan fingerprint density at radius 3 is 2.73 bits per heavy atom. The summed E-state index contributed by atoms with van der Waals surface area (Å²) >= 11 is 0. The van der Waals surface area contributed by atoms with Crippen LogP contribution in [0.25, 0.3) is 0 Å². The van der Waals surface area contributed by atoms with E-state index in [1.165, 1.54) is 0 Å². The van der Waals surface area contributed by atoms with Gasteiger partial charge < -0.3 is 10.1 Å². The summed E-state index contributed by atoms with van der Waals surface area (Å²) in [4.78, 5) is 11.4. The lowest BCUT2D eigenvalue weighted by Crippen LogP contribution is -2.28. The summed E-state index contributed by atoms with van der Waals surface area (Å²) in [6.45, 7) is 6.02. The number of para-hydroxylation sites is 1. The van der Waals surface area contributed by atoms with Crippen molar-refractivity contribution in [3.8, 4) is 0 Å². The maximum absolute atomic E-state index is 11.4. The van der Waals surface area contributed by atoms with Crippen molar-refractivity contribution in [2.24, 2.45) is 0 Å². The normalized spacial score (nSPS) is 11.9. The zero-order valence-electron chi connectivity index (χ0n) is 9.41. The molecule has 15 heavy (non-hydrogen) atoms. The first kappa shape index (κ1) is 11.6. The fourth-order valence-corrected chi connectivity index (χ4v) is 1.29. The van der Waals surface area contributed by atoms with Gasteiger partial charge >= 0.3 is 5.97 Å². The van der Waals surface area contributed by atoms with Crippen molar-refractivity contribution >= 4 is 11.7 Å². The van der Waals surface area contributed by atoms with Crippen LogP contribution < -0.4 is 5.32 Å². The molecule has 0 saturated carbocycles. The molecule has 0 unspecified atom stereocenters. The van der Waals surface area contributed by atoms with Crippen molar-refractivity contribution in [1.82, 2.24) is 0 Å². The molecule has 0 amide bonds. The molecular formula is C12H17NO2. The number of hydrogen-bond acceptors (Lipinski definition) is 3. The first-order valence-electron chi connectivity index (χ1n) is 5.14. The van der Waals surface area contributed by atoms with E-state index in [1.807, 2.05) is 31.2 Å². The van der Waals surface area contributed by atoms with Crippen molar-refractivity contribution in [1.29, 1.82) is 0 Å². The molecule has 0 heterocycles. The third kappa shape index (κ3) is 3.27.